The van der Waals surface area contributed by atoms with Gasteiger partial charge in [-0.25, -0.2) is 4.79 Å². The van der Waals surface area contributed by atoms with E-state index in [1.165, 1.54) is 6.92 Å². The second-order valence-electron chi connectivity index (χ2n) is 5.43. The highest BCUT2D eigenvalue weighted by Crippen LogP contribution is 2.11. The SMILES string of the molecule is CC(=O)CCNC(=O)CCc1ccc(NC(=O)COCC(=O)O)cc1. The van der Waals surface area contributed by atoms with Crippen LogP contribution in [0.1, 0.15) is 25.3 Å². The first-order valence-corrected chi connectivity index (χ1v) is 7.81. The molecular weight excluding hydrogens is 328 g/mol. The van der Waals surface area contributed by atoms with Crippen LogP contribution in [0.15, 0.2) is 24.3 Å². The Bertz CT molecular complexity index is 612. The number of carboxylic acid groups (broad SMARTS) is 1. The van der Waals surface area contributed by atoms with Gasteiger partial charge in [0.05, 0.1) is 0 Å². The first-order valence-electron chi connectivity index (χ1n) is 7.81. The van der Waals surface area contributed by atoms with Crippen molar-refractivity contribution < 1.29 is 29.0 Å². The Morgan fingerprint density at radius 2 is 1.68 bits per heavy atom. The van der Waals surface area contributed by atoms with E-state index in [4.69, 9.17) is 5.11 Å². The van der Waals surface area contributed by atoms with Gasteiger partial charge in [-0.1, -0.05) is 12.1 Å². The molecule has 0 unspecified atom stereocenters. The first-order chi connectivity index (χ1) is 11.9. The van der Waals surface area contributed by atoms with Crippen molar-refractivity contribution in [3.05, 3.63) is 29.8 Å². The van der Waals surface area contributed by atoms with Crippen molar-refractivity contribution in [2.75, 3.05) is 25.1 Å². The summed E-state index contributed by atoms with van der Waals surface area (Å²) in [5.74, 6) is -1.66. The number of anilines is 1. The number of ketones is 1. The van der Waals surface area contributed by atoms with Crippen LogP contribution >= 0.6 is 0 Å². The molecule has 0 aliphatic heterocycles. The number of carboxylic acids is 1. The predicted octanol–water partition coefficient (Wildman–Crippen LogP) is 0.754. The van der Waals surface area contributed by atoms with E-state index >= 15 is 0 Å². The Labute approximate surface area is 145 Å². The molecule has 0 atom stereocenters. The zero-order valence-electron chi connectivity index (χ0n) is 14.0. The molecule has 0 spiro atoms. The molecule has 1 aromatic carbocycles. The average Bonchev–Trinajstić information content (AvgIpc) is 2.53. The van der Waals surface area contributed by atoms with Crippen LogP contribution in [0.25, 0.3) is 0 Å². The molecule has 0 saturated carbocycles. The van der Waals surface area contributed by atoms with Gasteiger partial charge in [0.1, 0.15) is 19.0 Å². The van der Waals surface area contributed by atoms with Gasteiger partial charge < -0.3 is 20.5 Å². The van der Waals surface area contributed by atoms with Gasteiger partial charge in [0.15, 0.2) is 0 Å². The van der Waals surface area contributed by atoms with Gasteiger partial charge in [0, 0.05) is 25.1 Å². The van der Waals surface area contributed by atoms with Crippen LogP contribution < -0.4 is 10.6 Å². The second kappa shape index (κ2) is 10.9. The van der Waals surface area contributed by atoms with Gasteiger partial charge in [-0.15, -0.1) is 0 Å². The van der Waals surface area contributed by atoms with E-state index in [1.807, 2.05) is 0 Å². The van der Waals surface area contributed by atoms with E-state index in [0.717, 1.165) is 5.56 Å². The largest absolute Gasteiger partial charge is 0.480 e. The number of nitrogens with one attached hydrogen (secondary N) is 2. The smallest absolute Gasteiger partial charge is 0.329 e. The fraction of sp³-hybridized carbons (Fsp3) is 0.412. The molecule has 2 amide bonds. The third-order valence-corrected chi connectivity index (χ3v) is 3.14. The van der Waals surface area contributed by atoms with Crippen LogP contribution in [0.2, 0.25) is 0 Å². The maximum atomic E-state index is 11.6. The summed E-state index contributed by atoms with van der Waals surface area (Å²) >= 11 is 0. The molecule has 0 radical (unpaired) electrons. The average molecular weight is 350 g/mol. The van der Waals surface area contributed by atoms with Crippen molar-refractivity contribution in [2.24, 2.45) is 0 Å². The normalized spacial score (nSPS) is 10.1. The molecule has 0 aliphatic carbocycles. The molecule has 0 heterocycles. The molecule has 8 heteroatoms. The highest BCUT2D eigenvalue weighted by Gasteiger charge is 2.06. The van der Waals surface area contributed by atoms with E-state index < -0.39 is 18.5 Å². The molecule has 25 heavy (non-hydrogen) atoms. The molecule has 0 fully saturated rings. The lowest BCUT2D eigenvalue weighted by Gasteiger charge is -2.07. The highest BCUT2D eigenvalue weighted by molar-refractivity contribution is 5.91. The minimum absolute atomic E-state index is 0.0336. The standard InChI is InChI=1S/C17H22N2O6/c1-12(20)8-9-18-15(21)7-4-13-2-5-14(6-3-13)19-16(22)10-25-11-17(23)24/h2-3,5-6H,4,7-11H2,1H3,(H,18,21)(H,19,22)(H,23,24). The maximum absolute atomic E-state index is 11.6. The number of aliphatic carboxylic acids is 1. The van der Waals surface area contributed by atoms with Crippen LogP contribution in [0, 0.1) is 0 Å². The molecule has 136 valence electrons. The number of ether oxygens (including phenoxy) is 1. The summed E-state index contributed by atoms with van der Waals surface area (Å²) in [6, 6.07) is 6.96. The topological polar surface area (TPSA) is 122 Å². The van der Waals surface area contributed by atoms with Crippen molar-refractivity contribution >= 4 is 29.3 Å². The number of amides is 2. The Balaban J connectivity index is 2.31. The lowest BCUT2D eigenvalue weighted by atomic mass is 10.1. The minimum atomic E-state index is -1.14. The van der Waals surface area contributed by atoms with Gasteiger partial charge >= 0.3 is 5.97 Å². The number of carbonyl (C=O) groups is 4. The van der Waals surface area contributed by atoms with Crippen molar-refractivity contribution in [2.45, 2.75) is 26.2 Å². The summed E-state index contributed by atoms with van der Waals surface area (Å²) in [5, 5.41) is 13.7. The number of carbonyl (C=O) groups excluding carboxylic acids is 3. The molecule has 1 aromatic rings. The molecule has 1 rings (SSSR count). The number of hydrogen-bond acceptors (Lipinski definition) is 5. The Morgan fingerprint density at radius 1 is 1.00 bits per heavy atom. The minimum Gasteiger partial charge on any atom is -0.480 e. The number of rotatable bonds is 11. The maximum Gasteiger partial charge on any atom is 0.329 e. The number of aryl methyl sites for hydroxylation is 1. The van der Waals surface area contributed by atoms with E-state index in [9.17, 15) is 19.2 Å². The summed E-state index contributed by atoms with van der Waals surface area (Å²) in [6.45, 7) is 0.961. The van der Waals surface area contributed by atoms with Gasteiger partial charge in [-0.3, -0.25) is 14.4 Å². The van der Waals surface area contributed by atoms with Crippen molar-refractivity contribution in [3.63, 3.8) is 0 Å². The summed E-state index contributed by atoms with van der Waals surface area (Å²) < 4.78 is 4.69. The second-order valence-corrected chi connectivity index (χ2v) is 5.43. The van der Waals surface area contributed by atoms with E-state index in [2.05, 4.69) is 15.4 Å². The molecule has 0 aromatic heterocycles. The molecule has 8 nitrogen and oxygen atoms in total. The summed E-state index contributed by atoms with van der Waals surface area (Å²) in [4.78, 5) is 44.2. The van der Waals surface area contributed by atoms with Crippen molar-refractivity contribution in [3.8, 4) is 0 Å². The van der Waals surface area contributed by atoms with Crippen molar-refractivity contribution in [1.29, 1.82) is 0 Å². The lowest BCUT2D eigenvalue weighted by Crippen LogP contribution is -2.25. The van der Waals surface area contributed by atoms with Gasteiger partial charge in [0.25, 0.3) is 0 Å². The fourth-order valence-electron chi connectivity index (χ4n) is 1.91. The molecule has 3 N–H and O–H groups in total. The third kappa shape index (κ3) is 9.87. The van der Waals surface area contributed by atoms with Crippen molar-refractivity contribution in [1.82, 2.24) is 5.32 Å². The van der Waals surface area contributed by atoms with E-state index in [0.29, 0.717) is 31.5 Å². The van der Waals surface area contributed by atoms with Crippen LogP contribution in [0.3, 0.4) is 0 Å². The third-order valence-electron chi connectivity index (χ3n) is 3.14. The van der Waals surface area contributed by atoms with Gasteiger partial charge in [-0.2, -0.15) is 0 Å². The van der Waals surface area contributed by atoms with E-state index in [-0.39, 0.29) is 18.3 Å². The molecular formula is C17H22N2O6. The van der Waals surface area contributed by atoms with Gasteiger partial charge in [0.2, 0.25) is 11.8 Å². The summed E-state index contributed by atoms with van der Waals surface area (Å²) in [5.41, 5.74) is 1.49. The number of hydrogen-bond donors (Lipinski definition) is 3. The Hall–Kier alpha value is -2.74. The van der Waals surface area contributed by atoms with Crippen LogP contribution in [0.4, 0.5) is 5.69 Å². The zero-order valence-corrected chi connectivity index (χ0v) is 14.0. The lowest BCUT2D eigenvalue weighted by molar-refractivity contribution is -0.143. The quantitative estimate of drug-likeness (QED) is 0.541. The Kier molecular flexibility index (Phi) is 8.87. The number of benzene rings is 1. The zero-order chi connectivity index (χ0) is 18.7. The van der Waals surface area contributed by atoms with E-state index in [1.54, 1.807) is 24.3 Å². The van der Waals surface area contributed by atoms with Gasteiger partial charge in [-0.05, 0) is 31.0 Å². The highest BCUT2D eigenvalue weighted by atomic mass is 16.5. The summed E-state index contributed by atoms with van der Waals surface area (Å²) in [7, 11) is 0. The first kappa shape index (κ1) is 20.3. The fourth-order valence-corrected chi connectivity index (χ4v) is 1.91. The van der Waals surface area contributed by atoms with Crippen LogP contribution in [-0.4, -0.2) is 48.4 Å². The Morgan fingerprint density at radius 3 is 2.28 bits per heavy atom. The predicted molar refractivity (Wildman–Crippen MR) is 90.2 cm³/mol. The monoisotopic (exact) mass is 350 g/mol. The molecule has 0 saturated heterocycles. The number of Topliss-reactive ketones (excluding diaryl/α,β-unsaturated/α-hetero) is 1. The summed E-state index contributed by atoms with van der Waals surface area (Å²) in [6.07, 6.45) is 1.19. The molecule has 0 aliphatic rings. The molecule has 0 bridgehead atoms. The van der Waals surface area contributed by atoms with Crippen LogP contribution in [0.5, 0.6) is 0 Å². The van der Waals surface area contributed by atoms with Crippen LogP contribution in [-0.2, 0) is 30.3 Å².